The Morgan fingerprint density at radius 3 is 2.56 bits per heavy atom. The normalized spacial score (nSPS) is 17.8. The van der Waals surface area contributed by atoms with E-state index in [0.29, 0.717) is 47.7 Å². The van der Waals surface area contributed by atoms with Crippen molar-refractivity contribution in [1.82, 2.24) is 0 Å². The molecule has 0 aromatic heterocycles. The molecule has 8 nitrogen and oxygen atoms in total. The second kappa shape index (κ2) is 11.0. The smallest absolute Gasteiger partial charge is 0.304 e. The molecule has 5 rings (SSSR count). The lowest BCUT2D eigenvalue weighted by atomic mass is 9.93. The average Bonchev–Trinajstić information content (AvgIpc) is 3.25. The van der Waals surface area contributed by atoms with Crippen LogP contribution in [0.4, 0.5) is 0 Å². The van der Waals surface area contributed by atoms with Gasteiger partial charge in [-0.2, -0.15) is 0 Å². The summed E-state index contributed by atoms with van der Waals surface area (Å²) in [5.74, 6) is 1.33. The third kappa shape index (κ3) is 6.09. The molecule has 0 saturated heterocycles. The summed E-state index contributed by atoms with van der Waals surface area (Å²) >= 11 is 6.64. The van der Waals surface area contributed by atoms with Crippen LogP contribution >= 0.6 is 11.6 Å². The molecule has 1 unspecified atom stereocenters. The Morgan fingerprint density at radius 1 is 1.03 bits per heavy atom. The van der Waals surface area contributed by atoms with Crippen LogP contribution in [0.1, 0.15) is 41.6 Å². The van der Waals surface area contributed by atoms with Gasteiger partial charge < -0.3 is 24.1 Å². The maximum absolute atomic E-state index is 11.3. The van der Waals surface area contributed by atoms with Gasteiger partial charge in [0, 0.05) is 29.4 Å². The highest BCUT2D eigenvalue weighted by Gasteiger charge is 2.32. The Kier molecular flexibility index (Phi) is 7.64. The number of fused-ring (bicyclic) bond motifs is 2. The van der Waals surface area contributed by atoms with E-state index in [1.165, 1.54) is 6.26 Å². The van der Waals surface area contributed by atoms with Gasteiger partial charge in [-0.05, 0) is 54.3 Å². The minimum absolute atomic E-state index is 0.000103. The first-order valence-electron chi connectivity index (χ1n) is 12.6. The van der Waals surface area contributed by atoms with Crippen LogP contribution in [0.25, 0.3) is 11.1 Å². The fourth-order valence-electron chi connectivity index (χ4n) is 4.98. The van der Waals surface area contributed by atoms with Crippen LogP contribution in [0, 0.1) is 6.92 Å². The van der Waals surface area contributed by atoms with Gasteiger partial charge in [0.25, 0.3) is 0 Å². The molecule has 39 heavy (non-hydrogen) atoms. The number of rotatable bonds is 9. The highest BCUT2D eigenvalue weighted by molar-refractivity contribution is 7.90. The number of aliphatic carboxylic acids is 1. The minimum atomic E-state index is -3.02. The molecule has 0 spiro atoms. The van der Waals surface area contributed by atoms with Crippen molar-refractivity contribution in [3.05, 3.63) is 70.2 Å². The molecule has 2 atom stereocenters. The number of carboxylic acids is 1. The fraction of sp³-hybridized carbons (Fsp3) is 0.345. The second-order valence-corrected chi connectivity index (χ2v) is 12.5. The molecular weight excluding hydrogens is 544 g/mol. The standard InChI is InChI=1S/C29H29ClO8S/c1-17-20(22-8-7-19(12-24(22)30)35-9-4-10-39(2,33)34)5-3-6-21(17)28-16-37-26-13-23-18(11-29(31)32)15-36-25(23)14-27(26)38-28/h3,5-8,12-14,18,28H,4,9-11,15-16H2,1-2H3,(H,31,32)/t18-,28?/m1/s1. The zero-order chi connectivity index (χ0) is 27.7. The molecule has 0 radical (unpaired) electrons. The molecule has 0 amide bonds. The zero-order valence-electron chi connectivity index (χ0n) is 21.6. The highest BCUT2D eigenvalue weighted by Crippen LogP contribution is 2.47. The van der Waals surface area contributed by atoms with Crippen molar-refractivity contribution in [3.8, 4) is 34.1 Å². The van der Waals surface area contributed by atoms with Crippen LogP contribution in [0.2, 0.25) is 5.02 Å². The molecule has 2 heterocycles. The first-order valence-corrected chi connectivity index (χ1v) is 15.0. The monoisotopic (exact) mass is 572 g/mol. The summed E-state index contributed by atoms with van der Waals surface area (Å²) in [6.07, 6.45) is 1.25. The quantitative estimate of drug-likeness (QED) is 0.330. The van der Waals surface area contributed by atoms with Crippen molar-refractivity contribution in [1.29, 1.82) is 0 Å². The van der Waals surface area contributed by atoms with Crippen LogP contribution in [0.5, 0.6) is 23.0 Å². The van der Waals surface area contributed by atoms with Crippen molar-refractivity contribution >= 4 is 27.4 Å². The molecule has 3 aromatic carbocycles. The summed E-state index contributed by atoms with van der Waals surface area (Å²) in [5, 5.41) is 9.70. The predicted octanol–water partition coefficient (Wildman–Crippen LogP) is 5.59. The van der Waals surface area contributed by atoms with Crippen molar-refractivity contribution < 1.29 is 37.3 Å². The van der Waals surface area contributed by atoms with Crippen LogP contribution in [-0.2, 0) is 14.6 Å². The largest absolute Gasteiger partial charge is 0.494 e. The van der Waals surface area contributed by atoms with Gasteiger partial charge in [0.2, 0.25) is 0 Å². The Labute approximate surface area is 232 Å². The van der Waals surface area contributed by atoms with Gasteiger partial charge in [0.1, 0.15) is 27.9 Å². The average molecular weight is 573 g/mol. The molecule has 10 heteroatoms. The highest BCUT2D eigenvalue weighted by atomic mass is 35.5. The van der Waals surface area contributed by atoms with Crippen LogP contribution in [0.3, 0.4) is 0 Å². The second-order valence-electron chi connectivity index (χ2n) is 9.85. The molecule has 1 N–H and O–H groups in total. The molecule has 2 aliphatic heterocycles. The molecule has 2 aliphatic rings. The number of carbonyl (C=O) groups is 1. The number of hydrogen-bond acceptors (Lipinski definition) is 7. The van der Waals surface area contributed by atoms with E-state index in [9.17, 15) is 18.3 Å². The van der Waals surface area contributed by atoms with E-state index in [0.717, 1.165) is 27.8 Å². The van der Waals surface area contributed by atoms with Gasteiger partial charge in [-0.3, -0.25) is 4.79 Å². The van der Waals surface area contributed by atoms with Gasteiger partial charge in [-0.15, -0.1) is 0 Å². The Balaban J connectivity index is 1.33. The van der Waals surface area contributed by atoms with E-state index in [4.69, 9.17) is 30.5 Å². The lowest BCUT2D eigenvalue weighted by molar-refractivity contribution is -0.137. The van der Waals surface area contributed by atoms with E-state index in [2.05, 4.69) is 0 Å². The van der Waals surface area contributed by atoms with E-state index in [-0.39, 0.29) is 30.8 Å². The maximum Gasteiger partial charge on any atom is 0.304 e. The van der Waals surface area contributed by atoms with Gasteiger partial charge in [-0.1, -0.05) is 29.8 Å². The number of sulfone groups is 1. The molecule has 0 saturated carbocycles. The molecular formula is C29H29ClO8S. The fourth-order valence-corrected chi connectivity index (χ4v) is 5.90. The zero-order valence-corrected chi connectivity index (χ0v) is 23.2. The van der Waals surface area contributed by atoms with Crippen LogP contribution in [-0.4, -0.2) is 51.3 Å². The Hall–Kier alpha value is -3.43. The van der Waals surface area contributed by atoms with Crippen LogP contribution < -0.4 is 18.9 Å². The lowest BCUT2D eigenvalue weighted by Gasteiger charge is -2.29. The number of benzene rings is 3. The van der Waals surface area contributed by atoms with Crippen molar-refractivity contribution in [2.75, 3.05) is 31.8 Å². The molecule has 206 valence electrons. The summed E-state index contributed by atoms with van der Waals surface area (Å²) in [4.78, 5) is 11.2. The maximum atomic E-state index is 11.3. The van der Waals surface area contributed by atoms with E-state index < -0.39 is 15.8 Å². The SMILES string of the molecule is Cc1c(-c2ccc(OCCCS(C)(=O)=O)cc2Cl)cccc1C1COc2cc3c(cc2O1)OC[C@H]3CC(=O)O. The number of hydrogen-bond donors (Lipinski definition) is 1. The van der Waals surface area contributed by atoms with Gasteiger partial charge >= 0.3 is 5.97 Å². The van der Waals surface area contributed by atoms with Crippen molar-refractivity contribution in [2.24, 2.45) is 0 Å². The first kappa shape index (κ1) is 27.1. The Morgan fingerprint density at radius 2 is 1.82 bits per heavy atom. The van der Waals surface area contributed by atoms with Gasteiger partial charge in [-0.25, -0.2) is 8.42 Å². The molecule has 3 aromatic rings. The summed E-state index contributed by atoms with van der Waals surface area (Å²) in [6, 6.07) is 15.0. The minimum Gasteiger partial charge on any atom is -0.494 e. The number of ether oxygens (including phenoxy) is 4. The predicted molar refractivity (Wildman–Crippen MR) is 147 cm³/mol. The number of carboxylic acid groups (broad SMARTS) is 1. The Bertz CT molecular complexity index is 1520. The van der Waals surface area contributed by atoms with Crippen molar-refractivity contribution in [3.63, 3.8) is 0 Å². The third-order valence-electron chi connectivity index (χ3n) is 6.92. The molecule has 0 fully saturated rings. The number of halogens is 1. The first-order chi connectivity index (χ1) is 18.6. The van der Waals surface area contributed by atoms with Crippen LogP contribution in [0.15, 0.2) is 48.5 Å². The van der Waals surface area contributed by atoms with Gasteiger partial charge in [0.05, 0.1) is 30.4 Å². The summed E-state index contributed by atoms with van der Waals surface area (Å²) in [5.41, 5.74) is 4.57. The topological polar surface area (TPSA) is 108 Å². The summed E-state index contributed by atoms with van der Waals surface area (Å²) < 4.78 is 46.4. The van der Waals surface area contributed by atoms with Crippen molar-refractivity contribution in [2.45, 2.75) is 31.8 Å². The van der Waals surface area contributed by atoms with Gasteiger partial charge in [0.15, 0.2) is 17.6 Å². The molecule has 0 aliphatic carbocycles. The molecule has 0 bridgehead atoms. The third-order valence-corrected chi connectivity index (χ3v) is 8.26. The lowest BCUT2D eigenvalue weighted by Crippen LogP contribution is -2.22. The summed E-state index contributed by atoms with van der Waals surface area (Å²) in [6.45, 7) is 2.92. The van der Waals surface area contributed by atoms with E-state index >= 15 is 0 Å². The summed E-state index contributed by atoms with van der Waals surface area (Å²) in [7, 11) is -3.02. The van der Waals surface area contributed by atoms with E-state index in [1.54, 1.807) is 12.1 Å². The van der Waals surface area contributed by atoms with E-state index in [1.807, 2.05) is 43.3 Å².